The molecule has 0 aromatic heterocycles. The number of aliphatic hydroxyl groups excluding tert-OH is 2. The van der Waals surface area contributed by atoms with Gasteiger partial charge in [-0.1, -0.05) is 55.0 Å². The molecular formula is C21H32O6. The Labute approximate surface area is 161 Å². The van der Waals surface area contributed by atoms with Crippen molar-refractivity contribution in [3.8, 4) is 0 Å². The summed E-state index contributed by atoms with van der Waals surface area (Å²) >= 11 is 0. The van der Waals surface area contributed by atoms with Crippen molar-refractivity contribution in [3.05, 3.63) is 48.6 Å². The van der Waals surface area contributed by atoms with Crippen LogP contribution in [-0.4, -0.2) is 44.6 Å². The van der Waals surface area contributed by atoms with Crippen LogP contribution in [0.3, 0.4) is 0 Å². The molecule has 0 unspecified atom stereocenters. The van der Waals surface area contributed by atoms with Crippen molar-refractivity contribution < 1.29 is 30.0 Å². The van der Waals surface area contributed by atoms with Crippen molar-refractivity contribution in [1.82, 2.24) is 0 Å². The number of allylic oxidation sites excluding steroid dienone is 5. The summed E-state index contributed by atoms with van der Waals surface area (Å²) in [4.78, 5) is 20.7. The standard InChI is InChI=1S/C21H32O6/c22-18(12-7-3-1-2-4-10-16-20(24)25)13-8-5-6-9-14-19(23)15-11-17-21(26)27/h3,5-9,13-14,18-19,22-23H,1-2,4,10-12,15-17H2,(H,24,25)(H,26,27)/b6-5+,7-3-,13-8+,14-9-/t18-,19-/m1/s1. The highest BCUT2D eigenvalue weighted by molar-refractivity contribution is 5.66. The van der Waals surface area contributed by atoms with E-state index in [1.54, 1.807) is 36.5 Å². The molecule has 6 heteroatoms. The lowest BCUT2D eigenvalue weighted by Crippen LogP contribution is -2.03. The smallest absolute Gasteiger partial charge is 0.303 e. The summed E-state index contributed by atoms with van der Waals surface area (Å²) < 4.78 is 0. The Morgan fingerprint density at radius 2 is 1.30 bits per heavy atom. The van der Waals surface area contributed by atoms with E-state index in [9.17, 15) is 19.8 Å². The lowest BCUT2D eigenvalue weighted by molar-refractivity contribution is -0.138. The third-order valence-corrected chi connectivity index (χ3v) is 3.70. The van der Waals surface area contributed by atoms with Crippen LogP contribution in [0.2, 0.25) is 0 Å². The second kappa shape index (κ2) is 17.2. The molecule has 27 heavy (non-hydrogen) atoms. The SMILES string of the molecule is O=C(O)CCCCC/C=C\C[C@@H](O)/C=C/C=C/C=C\[C@@H](O)CCCC(=O)O. The first-order chi connectivity index (χ1) is 12.9. The van der Waals surface area contributed by atoms with Crippen molar-refractivity contribution in [2.45, 2.75) is 70.0 Å². The summed E-state index contributed by atoms with van der Waals surface area (Å²) in [5, 5.41) is 36.4. The largest absolute Gasteiger partial charge is 0.481 e. The van der Waals surface area contributed by atoms with Gasteiger partial charge in [-0.25, -0.2) is 0 Å². The number of aliphatic hydroxyl groups is 2. The van der Waals surface area contributed by atoms with Gasteiger partial charge in [0.05, 0.1) is 12.2 Å². The molecule has 0 aliphatic carbocycles. The van der Waals surface area contributed by atoms with Crippen molar-refractivity contribution in [1.29, 1.82) is 0 Å². The van der Waals surface area contributed by atoms with E-state index < -0.39 is 24.1 Å². The van der Waals surface area contributed by atoms with E-state index in [0.29, 0.717) is 25.7 Å². The average molecular weight is 380 g/mol. The molecule has 6 nitrogen and oxygen atoms in total. The fraction of sp³-hybridized carbons (Fsp3) is 0.524. The maximum atomic E-state index is 10.4. The summed E-state index contributed by atoms with van der Waals surface area (Å²) in [5.41, 5.74) is 0. The molecule has 0 bridgehead atoms. The molecule has 0 saturated heterocycles. The normalized spacial score (nSPS) is 14.6. The molecular weight excluding hydrogens is 348 g/mol. The van der Waals surface area contributed by atoms with E-state index in [1.165, 1.54) is 0 Å². The lowest BCUT2D eigenvalue weighted by Gasteiger charge is -2.02. The Balaban J connectivity index is 3.77. The van der Waals surface area contributed by atoms with Crippen molar-refractivity contribution in [2.75, 3.05) is 0 Å². The van der Waals surface area contributed by atoms with Crippen LogP contribution < -0.4 is 0 Å². The van der Waals surface area contributed by atoms with Gasteiger partial charge in [-0.3, -0.25) is 9.59 Å². The van der Waals surface area contributed by atoms with Gasteiger partial charge in [0.2, 0.25) is 0 Å². The highest BCUT2D eigenvalue weighted by Gasteiger charge is 2.01. The van der Waals surface area contributed by atoms with Gasteiger partial charge in [-0.15, -0.1) is 0 Å². The molecule has 0 radical (unpaired) electrons. The van der Waals surface area contributed by atoms with Crippen LogP contribution in [0, 0.1) is 0 Å². The number of carbonyl (C=O) groups is 2. The zero-order chi connectivity index (χ0) is 20.3. The molecule has 0 aromatic carbocycles. The Hall–Kier alpha value is -2.18. The third kappa shape index (κ3) is 20.0. The second-order valence-corrected chi connectivity index (χ2v) is 6.28. The molecule has 0 aromatic rings. The van der Waals surface area contributed by atoms with E-state index in [-0.39, 0.29) is 12.8 Å². The van der Waals surface area contributed by atoms with Gasteiger partial charge in [0.1, 0.15) is 0 Å². The van der Waals surface area contributed by atoms with E-state index >= 15 is 0 Å². The van der Waals surface area contributed by atoms with E-state index in [0.717, 1.165) is 19.3 Å². The predicted molar refractivity (Wildman–Crippen MR) is 105 cm³/mol. The number of rotatable bonds is 16. The number of aliphatic carboxylic acids is 2. The number of carboxylic acids is 2. The summed E-state index contributed by atoms with van der Waals surface area (Å²) in [5.74, 6) is -1.61. The minimum Gasteiger partial charge on any atom is -0.481 e. The van der Waals surface area contributed by atoms with E-state index in [2.05, 4.69) is 0 Å². The average Bonchev–Trinajstić information content (AvgIpc) is 2.59. The summed E-state index contributed by atoms with van der Waals surface area (Å²) in [7, 11) is 0. The zero-order valence-corrected chi connectivity index (χ0v) is 15.7. The fourth-order valence-electron chi connectivity index (χ4n) is 2.22. The van der Waals surface area contributed by atoms with Crippen LogP contribution in [0.15, 0.2) is 48.6 Å². The van der Waals surface area contributed by atoms with Crippen LogP contribution in [0.4, 0.5) is 0 Å². The minimum atomic E-state index is -0.861. The van der Waals surface area contributed by atoms with Crippen LogP contribution in [0.5, 0.6) is 0 Å². The topological polar surface area (TPSA) is 115 Å². The second-order valence-electron chi connectivity index (χ2n) is 6.28. The van der Waals surface area contributed by atoms with Crippen LogP contribution in [0.1, 0.15) is 57.8 Å². The molecule has 0 rings (SSSR count). The molecule has 0 aliphatic heterocycles. The number of hydrogen-bond donors (Lipinski definition) is 4. The van der Waals surface area contributed by atoms with Crippen molar-refractivity contribution in [3.63, 3.8) is 0 Å². The van der Waals surface area contributed by atoms with Crippen molar-refractivity contribution in [2.24, 2.45) is 0 Å². The van der Waals surface area contributed by atoms with Gasteiger partial charge < -0.3 is 20.4 Å². The van der Waals surface area contributed by atoms with E-state index in [1.807, 2.05) is 12.2 Å². The Morgan fingerprint density at radius 3 is 1.93 bits per heavy atom. The van der Waals surface area contributed by atoms with Gasteiger partial charge in [0.25, 0.3) is 0 Å². The first-order valence-electron chi connectivity index (χ1n) is 9.38. The summed E-state index contributed by atoms with van der Waals surface area (Å²) in [6, 6.07) is 0. The molecule has 0 saturated carbocycles. The molecule has 0 heterocycles. The fourth-order valence-corrected chi connectivity index (χ4v) is 2.22. The monoisotopic (exact) mass is 380 g/mol. The summed E-state index contributed by atoms with van der Waals surface area (Å²) in [6.07, 6.45) is 18.0. The quantitative estimate of drug-likeness (QED) is 0.185. The number of carboxylic acid groups (broad SMARTS) is 2. The van der Waals surface area contributed by atoms with Crippen LogP contribution in [0.25, 0.3) is 0 Å². The maximum Gasteiger partial charge on any atom is 0.303 e. The Morgan fingerprint density at radius 1 is 0.704 bits per heavy atom. The van der Waals surface area contributed by atoms with Gasteiger partial charge in [0, 0.05) is 12.8 Å². The molecule has 0 spiro atoms. The first kappa shape index (κ1) is 24.8. The van der Waals surface area contributed by atoms with Gasteiger partial charge in [-0.05, 0) is 38.5 Å². The minimum absolute atomic E-state index is 0.0561. The molecule has 0 aliphatic rings. The van der Waals surface area contributed by atoms with Crippen LogP contribution in [-0.2, 0) is 9.59 Å². The van der Waals surface area contributed by atoms with E-state index in [4.69, 9.17) is 10.2 Å². The van der Waals surface area contributed by atoms with Gasteiger partial charge >= 0.3 is 11.9 Å². The Kier molecular flexibility index (Phi) is 15.9. The van der Waals surface area contributed by atoms with Crippen LogP contribution >= 0.6 is 0 Å². The first-order valence-corrected chi connectivity index (χ1v) is 9.38. The predicted octanol–water partition coefficient (Wildman–Crippen LogP) is 3.61. The number of hydrogen-bond acceptors (Lipinski definition) is 4. The van der Waals surface area contributed by atoms with Gasteiger partial charge in [-0.2, -0.15) is 0 Å². The lowest BCUT2D eigenvalue weighted by atomic mass is 10.1. The molecule has 2 atom stereocenters. The summed E-state index contributed by atoms with van der Waals surface area (Å²) in [6.45, 7) is 0. The number of unbranched alkanes of at least 4 members (excludes halogenated alkanes) is 3. The molecule has 0 amide bonds. The zero-order valence-electron chi connectivity index (χ0n) is 15.7. The molecule has 4 N–H and O–H groups in total. The Bertz CT molecular complexity index is 519. The molecule has 152 valence electrons. The highest BCUT2D eigenvalue weighted by Crippen LogP contribution is 2.05. The third-order valence-electron chi connectivity index (χ3n) is 3.70. The van der Waals surface area contributed by atoms with Crippen molar-refractivity contribution >= 4 is 11.9 Å². The highest BCUT2D eigenvalue weighted by atomic mass is 16.4. The molecule has 0 fully saturated rings. The van der Waals surface area contributed by atoms with Gasteiger partial charge in [0.15, 0.2) is 0 Å². The maximum absolute atomic E-state index is 10.4.